The molecule has 0 radical (unpaired) electrons. The largest absolute Gasteiger partial charge is 0.331 e. The van der Waals surface area contributed by atoms with Gasteiger partial charge < -0.3 is 9.80 Å². The first-order valence-electron chi connectivity index (χ1n) is 5.04. The van der Waals surface area contributed by atoms with Crippen molar-refractivity contribution >= 4 is 0 Å². The number of rotatable bonds is 0. The van der Waals surface area contributed by atoms with Gasteiger partial charge in [-0.15, -0.1) is 0 Å². The molecular weight excluding hydrogens is 160 g/mol. The molecule has 0 saturated carbocycles. The van der Waals surface area contributed by atoms with Gasteiger partial charge >= 0.3 is 0 Å². The predicted octanol–water partition coefficient (Wildman–Crippen LogP) is 0.851. The summed E-state index contributed by atoms with van der Waals surface area (Å²) in [5, 5.41) is 0. The van der Waals surface area contributed by atoms with Crippen LogP contribution in [0.25, 0.3) is 0 Å². The van der Waals surface area contributed by atoms with Gasteiger partial charge in [-0.25, -0.2) is 0 Å². The molecule has 0 atom stereocenters. The summed E-state index contributed by atoms with van der Waals surface area (Å²) in [5.74, 6) is 3.71. The third kappa shape index (κ3) is 1.66. The van der Waals surface area contributed by atoms with E-state index < -0.39 is 0 Å². The fraction of sp³-hybridized carbons (Fsp3) is 0.818. The number of hydrogen-bond donors (Lipinski definition) is 0. The van der Waals surface area contributed by atoms with Crippen molar-refractivity contribution in [3.8, 4) is 12.0 Å². The van der Waals surface area contributed by atoms with Crippen molar-refractivity contribution in [2.24, 2.45) is 11.3 Å². The summed E-state index contributed by atoms with van der Waals surface area (Å²) in [6.45, 7) is 9.20. The van der Waals surface area contributed by atoms with Crippen molar-refractivity contribution in [2.75, 3.05) is 33.2 Å². The van der Waals surface area contributed by atoms with Crippen molar-refractivity contribution in [2.45, 2.75) is 13.8 Å². The molecule has 2 heterocycles. The van der Waals surface area contributed by atoms with Gasteiger partial charge in [-0.3, -0.25) is 0 Å². The van der Waals surface area contributed by atoms with Crippen LogP contribution >= 0.6 is 0 Å². The molecule has 0 aromatic rings. The molecule has 0 aromatic heterocycles. The molecule has 0 unspecified atom stereocenters. The van der Waals surface area contributed by atoms with Crippen LogP contribution in [0.5, 0.6) is 0 Å². The maximum absolute atomic E-state index is 3.22. The third-order valence-corrected chi connectivity index (χ3v) is 2.77. The van der Waals surface area contributed by atoms with Crippen LogP contribution in [-0.4, -0.2) is 43.0 Å². The Morgan fingerprint density at radius 2 is 1.77 bits per heavy atom. The van der Waals surface area contributed by atoms with Crippen LogP contribution in [0.4, 0.5) is 0 Å². The molecular formula is C11H18N2. The minimum atomic E-state index is 0.501. The topological polar surface area (TPSA) is 6.48 Å². The molecule has 2 aliphatic heterocycles. The summed E-state index contributed by atoms with van der Waals surface area (Å²) in [4.78, 5) is 4.64. The zero-order chi connectivity index (χ0) is 9.47. The standard InChI is InChI=1S/C11H18N2/c1-10(2)4-5-13-8-11(9-13)6-12(3)7-11/h10H,6-9H2,1-3H3. The van der Waals surface area contributed by atoms with Crippen LogP contribution in [-0.2, 0) is 0 Å². The summed E-state index contributed by atoms with van der Waals surface area (Å²) in [6.07, 6.45) is 0. The lowest BCUT2D eigenvalue weighted by molar-refractivity contribution is -0.0786. The number of nitrogens with zero attached hydrogens (tertiary/aromatic N) is 2. The summed E-state index contributed by atoms with van der Waals surface area (Å²) in [6, 6.07) is 3.22. The minimum absolute atomic E-state index is 0.501. The zero-order valence-electron chi connectivity index (χ0n) is 8.80. The Morgan fingerprint density at radius 3 is 2.23 bits per heavy atom. The molecule has 0 bridgehead atoms. The normalized spacial score (nSPS) is 25.1. The van der Waals surface area contributed by atoms with Crippen molar-refractivity contribution in [3.63, 3.8) is 0 Å². The highest BCUT2D eigenvalue weighted by Gasteiger charge is 2.49. The lowest BCUT2D eigenvalue weighted by Crippen LogP contribution is -2.69. The maximum atomic E-state index is 3.22. The molecule has 0 N–H and O–H groups in total. The van der Waals surface area contributed by atoms with Gasteiger partial charge in [0.1, 0.15) is 0 Å². The van der Waals surface area contributed by atoms with Crippen molar-refractivity contribution in [1.29, 1.82) is 0 Å². The minimum Gasteiger partial charge on any atom is -0.331 e. The second kappa shape index (κ2) is 2.92. The van der Waals surface area contributed by atoms with E-state index >= 15 is 0 Å². The molecule has 1 spiro atoms. The van der Waals surface area contributed by atoms with Gasteiger partial charge in [-0.2, -0.15) is 0 Å². The molecule has 2 aliphatic rings. The Morgan fingerprint density at radius 1 is 1.15 bits per heavy atom. The Balaban J connectivity index is 1.77. The van der Waals surface area contributed by atoms with E-state index in [0.29, 0.717) is 11.3 Å². The van der Waals surface area contributed by atoms with E-state index in [1.807, 2.05) is 0 Å². The van der Waals surface area contributed by atoms with Crippen molar-refractivity contribution < 1.29 is 0 Å². The van der Waals surface area contributed by atoms with E-state index in [9.17, 15) is 0 Å². The first-order chi connectivity index (χ1) is 6.10. The van der Waals surface area contributed by atoms with Crippen LogP contribution < -0.4 is 0 Å². The summed E-state index contributed by atoms with van der Waals surface area (Å²) in [5.41, 5.74) is 0.625. The van der Waals surface area contributed by atoms with Gasteiger partial charge in [0, 0.05) is 43.6 Å². The lowest BCUT2D eigenvalue weighted by atomic mass is 9.73. The van der Waals surface area contributed by atoms with Crippen LogP contribution in [0.2, 0.25) is 0 Å². The average Bonchev–Trinajstić information content (AvgIpc) is 1.90. The van der Waals surface area contributed by atoms with E-state index in [2.05, 4.69) is 42.7 Å². The maximum Gasteiger partial charge on any atom is 0.0359 e. The second-order valence-electron chi connectivity index (χ2n) is 4.94. The third-order valence-electron chi connectivity index (χ3n) is 2.77. The van der Waals surface area contributed by atoms with Gasteiger partial charge in [-0.05, 0) is 7.05 Å². The summed E-state index contributed by atoms with van der Waals surface area (Å²) >= 11 is 0. The van der Waals surface area contributed by atoms with Gasteiger partial charge in [0.05, 0.1) is 0 Å². The Kier molecular flexibility index (Phi) is 2.00. The average molecular weight is 178 g/mol. The van der Waals surface area contributed by atoms with Crippen LogP contribution in [0, 0.1) is 23.3 Å². The second-order valence-corrected chi connectivity index (χ2v) is 4.94. The van der Waals surface area contributed by atoms with E-state index in [4.69, 9.17) is 0 Å². The highest BCUT2D eigenvalue weighted by atomic mass is 15.3. The summed E-state index contributed by atoms with van der Waals surface area (Å²) < 4.78 is 0. The van der Waals surface area contributed by atoms with Crippen LogP contribution in [0.1, 0.15) is 13.8 Å². The Bertz CT molecular complexity index is 245. The number of hydrogen-bond acceptors (Lipinski definition) is 2. The van der Waals surface area contributed by atoms with E-state index in [0.717, 1.165) is 0 Å². The van der Waals surface area contributed by atoms with Gasteiger partial charge in [-0.1, -0.05) is 19.8 Å². The summed E-state index contributed by atoms with van der Waals surface area (Å²) in [7, 11) is 2.19. The van der Waals surface area contributed by atoms with Gasteiger partial charge in [0.25, 0.3) is 0 Å². The molecule has 2 fully saturated rings. The monoisotopic (exact) mass is 178 g/mol. The van der Waals surface area contributed by atoms with E-state index in [1.54, 1.807) is 0 Å². The molecule has 72 valence electrons. The van der Waals surface area contributed by atoms with Gasteiger partial charge in [0.2, 0.25) is 0 Å². The lowest BCUT2D eigenvalue weighted by Gasteiger charge is -2.58. The molecule has 2 heteroatoms. The van der Waals surface area contributed by atoms with Crippen molar-refractivity contribution in [3.05, 3.63) is 0 Å². The molecule has 0 amide bonds. The Hall–Kier alpha value is -0.680. The molecule has 2 saturated heterocycles. The highest BCUT2D eigenvalue weighted by Crippen LogP contribution is 2.37. The van der Waals surface area contributed by atoms with Gasteiger partial charge in [0.15, 0.2) is 0 Å². The molecule has 0 aromatic carbocycles. The quantitative estimate of drug-likeness (QED) is 0.507. The fourth-order valence-electron chi connectivity index (χ4n) is 2.36. The molecule has 13 heavy (non-hydrogen) atoms. The molecule has 2 nitrogen and oxygen atoms in total. The smallest absolute Gasteiger partial charge is 0.0359 e. The first kappa shape index (κ1) is 8.90. The van der Waals surface area contributed by atoms with Crippen LogP contribution in [0.15, 0.2) is 0 Å². The van der Waals surface area contributed by atoms with E-state index in [1.165, 1.54) is 26.2 Å². The Labute approximate surface area is 80.9 Å². The van der Waals surface area contributed by atoms with E-state index in [-0.39, 0.29) is 0 Å². The molecule has 0 aliphatic carbocycles. The van der Waals surface area contributed by atoms with Crippen molar-refractivity contribution in [1.82, 2.24) is 9.80 Å². The molecule has 2 rings (SSSR count). The zero-order valence-corrected chi connectivity index (χ0v) is 8.80. The highest BCUT2D eigenvalue weighted by molar-refractivity contribution is 5.13. The first-order valence-corrected chi connectivity index (χ1v) is 5.04. The SMILES string of the molecule is CC(C)C#CN1CC2(CN(C)C2)C1. The van der Waals surface area contributed by atoms with Crippen LogP contribution in [0.3, 0.4) is 0 Å². The number of likely N-dealkylation sites (tertiary alicyclic amines) is 2. The fourth-order valence-corrected chi connectivity index (χ4v) is 2.36. The predicted molar refractivity (Wildman–Crippen MR) is 54.1 cm³/mol.